The lowest BCUT2D eigenvalue weighted by Gasteiger charge is -2.26. The highest BCUT2D eigenvalue weighted by atomic mass is 35.5. The maximum Gasteiger partial charge on any atom is 0.162 e. The molecule has 0 amide bonds. The minimum atomic E-state index is -0.0814. The molecule has 206 valence electrons. The van der Waals surface area contributed by atoms with Crippen LogP contribution in [0.1, 0.15) is 71.8 Å². The number of hydrogen-bond donors (Lipinski definition) is 0. The first-order chi connectivity index (χ1) is 19.5. The number of rotatable bonds is 11. The zero-order chi connectivity index (χ0) is 27.7. The number of ether oxygens (including phenoxy) is 2. The molecule has 3 aromatic carbocycles. The molecule has 5 heteroatoms. The highest BCUT2D eigenvalue weighted by Gasteiger charge is 2.18. The topological polar surface area (TPSA) is 48.4 Å². The van der Waals surface area contributed by atoms with E-state index in [0.29, 0.717) is 11.4 Å². The van der Waals surface area contributed by atoms with Crippen molar-refractivity contribution in [1.29, 1.82) is 0 Å². The lowest BCUT2D eigenvalue weighted by molar-refractivity contribution is -0.183. The van der Waals surface area contributed by atoms with E-state index in [1.807, 2.05) is 66.7 Å². The van der Waals surface area contributed by atoms with Gasteiger partial charge in [-0.15, -0.1) is 0 Å². The molecule has 0 N–H and O–H groups in total. The zero-order valence-corrected chi connectivity index (χ0v) is 23.8. The van der Waals surface area contributed by atoms with Crippen molar-refractivity contribution in [2.24, 2.45) is 0 Å². The van der Waals surface area contributed by atoms with Crippen molar-refractivity contribution in [2.75, 3.05) is 6.61 Å². The van der Waals surface area contributed by atoms with Crippen molar-refractivity contribution in [3.8, 4) is 0 Å². The fraction of sp³-hybridized carbons (Fsp3) is 0.314. The number of benzene rings is 3. The van der Waals surface area contributed by atoms with Crippen LogP contribution in [0.15, 0.2) is 78.9 Å². The molecule has 1 aromatic heterocycles. The molecule has 0 saturated carbocycles. The summed E-state index contributed by atoms with van der Waals surface area (Å²) in [6.07, 6.45) is 10.3. The van der Waals surface area contributed by atoms with E-state index < -0.39 is 0 Å². The van der Waals surface area contributed by atoms with Gasteiger partial charge in [-0.05, 0) is 92.5 Å². The average molecular weight is 554 g/mol. The van der Waals surface area contributed by atoms with Gasteiger partial charge in [-0.2, -0.15) is 0 Å². The SMILES string of the molecule is CC(Cc1ccccc1CCCC(=O)c1cccc(C=Cc2ccc3ccc(Cl)cc3n2)c1)OC1CCCCO1. The predicted octanol–water partition coefficient (Wildman–Crippen LogP) is 8.74. The van der Waals surface area contributed by atoms with Crippen molar-refractivity contribution < 1.29 is 14.3 Å². The van der Waals surface area contributed by atoms with Gasteiger partial charge in [0.1, 0.15) is 0 Å². The third-order valence-corrected chi connectivity index (χ3v) is 7.56. The van der Waals surface area contributed by atoms with E-state index in [1.165, 1.54) is 17.5 Å². The smallest absolute Gasteiger partial charge is 0.162 e. The number of aromatic nitrogens is 1. The third-order valence-electron chi connectivity index (χ3n) is 7.33. The van der Waals surface area contributed by atoms with Crippen molar-refractivity contribution >= 4 is 40.4 Å². The standard InChI is InChI=1S/C35H36ClNO3/c1-25(40-35-14-4-5-21-39-35)22-29-10-3-2-9-27(29)11-7-13-34(38)30-12-6-8-26(23-30)15-19-32-20-17-28-16-18-31(36)24-33(28)37-32/h2-3,6,8-10,12,15-20,23-25,35H,4-5,7,11,13-14,21-22H2,1H3. The Balaban J connectivity index is 1.15. The molecule has 1 aliphatic rings. The Bertz CT molecular complexity index is 1470. The second kappa shape index (κ2) is 13.8. The van der Waals surface area contributed by atoms with Crippen LogP contribution in [0.25, 0.3) is 23.1 Å². The van der Waals surface area contributed by atoms with Gasteiger partial charge in [0.2, 0.25) is 0 Å². The van der Waals surface area contributed by atoms with Crippen LogP contribution in [0, 0.1) is 0 Å². The lowest BCUT2D eigenvalue weighted by Crippen LogP contribution is -2.27. The molecule has 1 fully saturated rings. The van der Waals surface area contributed by atoms with Gasteiger partial charge >= 0.3 is 0 Å². The van der Waals surface area contributed by atoms with Gasteiger partial charge in [0.25, 0.3) is 0 Å². The second-order valence-electron chi connectivity index (χ2n) is 10.5. The molecule has 1 saturated heterocycles. The number of hydrogen-bond acceptors (Lipinski definition) is 4. The number of ketones is 1. The largest absolute Gasteiger partial charge is 0.353 e. The number of nitrogens with zero attached hydrogens (tertiary/aromatic N) is 1. The summed E-state index contributed by atoms with van der Waals surface area (Å²) in [7, 11) is 0. The number of carbonyl (C=O) groups is 1. The number of aryl methyl sites for hydroxylation is 1. The molecule has 4 aromatic rings. The van der Waals surface area contributed by atoms with Gasteiger partial charge < -0.3 is 9.47 Å². The molecular weight excluding hydrogens is 518 g/mol. The first kappa shape index (κ1) is 28.2. The molecule has 2 unspecified atom stereocenters. The van der Waals surface area contributed by atoms with Gasteiger partial charge in [0.05, 0.1) is 17.3 Å². The Morgan fingerprint density at radius 2 is 1.88 bits per heavy atom. The molecule has 4 nitrogen and oxygen atoms in total. The number of fused-ring (bicyclic) bond motifs is 1. The molecule has 5 rings (SSSR count). The molecule has 2 heterocycles. The van der Waals surface area contributed by atoms with Crippen LogP contribution in [0.2, 0.25) is 5.02 Å². The molecule has 0 aliphatic carbocycles. The van der Waals surface area contributed by atoms with Crippen LogP contribution in [0.5, 0.6) is 0 Å². The monoisotopic (exact) mass is 553 g/mol. The van der Waals surface area contributed by atoms with Crippen molar-refractivity contribution in [1.82, 2.24) is 4.98 Å². The quantitative estimate of drug-likeness (QED) is 0.174. The first-order valence-electron chi connectivity index (χ1n) is 14.2. The van der Waals surface area contributed by atoms with E-state index in [0.717, 1.165) is 66.4 Å². The normalized spacial score (nSPS) is 16.4. The van der Waals surface area contributed by atoms with Crippen LogP contribution in [-0.2, 0) is 22.3 Å². The maximum absolute atomic E-state index is 13.0. The van der Waals surface area contributed by atoms with Crippen LogP contribution in [-0.4, -0.2) is 29.8 Å². The number of carbonyl (C=O) groups excluding carboxylic acids is 1. The van der Waals surface area contributed by atoms with Crippen LogP contribution < -0.4 is 0 Å². The molecule has 0 radical (unpaired) electrons. The highest BCUT2D eigenvalue weighted by Crippen LogP contribution is 2.21. The minimum absolute atomic E-state index is 0.0814. The van der Waals surface area contributed by atoms with E-state index >= 15 is 0 Å². The Morgan fingerprint density at radius 1 is 1.02 bits per heavy atom. The summed E-state index contributed by atoms with van der Waals surface area (Å²) in [4.78, 5) is 17.7. The summed E-state index contributed by atoms with van der Waals surface area (Å²) < 4.78 is 11.9. The Morgan fingerprint density at radius 3 is 2.73 bits per heavy atom. The summed E-state index contributed by atoms with van der Waals surface area (Å²) in [5.41, 5.74) is 5.99. The second-order valence-corrected chi connectivity index (χ2v) is 11.0. The lowest BCUT2D eigenvalue weighted by atomic mass is 9.96. The molecule has 0 spiro atoms. The van der Waals surface area contributed by atoms with E-state index in [-0.39, 0.29) is 18.2 Å². The average Bonchev–Trinajstić information content (AvgIpc) is 2.97. The van der Waals surface area contributed by atoms with Gasteiger partial charge in [-0.3, -0.25) is 4.79 Å². The summed E-state index contributed by atoms with van der Waals surface area (Å²) in [5.74, 6) is 0.164. The Hall–Kier alpha value is -3.31. The molecule has 40 heavy (non-hydrogen) atoms. The van der Waals surface area contributed by atoms with Gasteiger partial charge in [-0.1, -0.05) is 72.3 Å². The first-order valence-corrected chi connectivity index (χ1v) is 14.6. The van der Waals surface area contributed by atoms with E-state index in [4.69, 9.17) is 21.1 Å². The van der Waals surface area contributed by atoms with E-state index in [2.05, 4.69) is 36.2 Å². The molecule has 0 bridgehead atoms. The fourth-order valence-electron chi connectivity index (χ4n) is 5.22. The summed E-state index contributed by atoms with van der Waals surface area (Å²) in [5, 5.41) is 1.72. The summed E-state index contributed by atoms with van der Waals surface area (Å²) >= 11 is 6.12. The zero-order valence-electron chi connectivity index (χ0n) is 23.0. The van der Waals surface area contributed by atoms with Crippen LogP contribution in [0.4, 0.5) is 0 Å². The van der Waals surface area contributed by atoms with Gasteiger partial charge in [0.15, 0.2) is 12.1 Å². The number of halogens is 1. The van der Waals surface area contributed by atoms with E-state index in [1.54, 1.807) is 0 Å². The molecular formula is C35H36ClNO3. The molecule has 2 atom stereocenters. The van der Waals surface area contributed by atoms with Crippen molar-refractivity contribution in [2.45, 2.75) is 64.3 Å². The van der Waals surface area contributed by atoms with Crippen molar-refractivity contribution in [3.63, 3.8) is 0 Å². The minimum Gasteiger partial charge on any atom is -0.353 e. The Kier molecular flexibility index (Phi) is 9.77. The maximum atomic E-state index is 13.0. The summed E-state index contributed by atoms with van der Waals surface area (Å²) in [6, 6.07) is 26.0. The van der Waals surface area contributed by atoms with Gasteiger partial charge in [-0.25, -0.2) is 4.98 Å². The van der Waals surface area contributed by atoms with Crippen molar-refractivity contribution in [3.05, 3.63) is 112 Å². The molecule has 1 aliphatic heterocycles. The predicted molar refractivity (Wildman–Crippen MR) is 164 cm³/mol. The van der Waals surface area contributed by atoms with Gasteiger partial charge in [0, 0.05) is 29.0 Å². The van der Waals surface area contributed by atoms with Crippen LogP contribution in [0.3, 0.4) is 0 Å². The summed E-state index contributed by atoms with van der Waals surface area (Å²) in [6.45, 7) is 2.91. The Labute approximate surface area is 242 Å². The van der Waals surface area contributed by atoms with Crippen LogP contribution >= 0.6 is 11.6 Å². The highest BCUT2D eigenvalue weighted by molar-refractivity contribution is 6.31. The third kappa shape index (κ3) is 7.88. The number of pyridine rings is 1. The van der Waals surface area contributed by atoms with E-state index in [9.17, 15) is 4.79 Å². The number of Topliss-reactive ketones (excluding diaryl/α,β-unsaturated/α-hetero) is 1. The fourth-order valence-corrected chi connectivity index (χ4v) is 5.38.